The lowest BCUT2D eigenvalue weighted by molar-refractivity contribution is -0.167. The van der Waals surface area contributed by atoms with Gasteiger partial charge < -0.3 is 23.1 Å². The first kappa shape index (κ1) is 21.9. The molecule has 0 aliphatic heterocycles. The molecule has 26 heavy (non-hydrogen) atoms. The molecule has 1 unspecified atom stereocenters. The predicted octanol–water partition coefficient (Wildman–Crippen LogP) is 1.64. The van der Waals surface area contributed by atoms with Gasteiger partial charge >= 0.3 is 26.6 Å². The quantitative estimate of drug-likeness (QED) is 0.134. The van der Waals surface area contributed by atoms with Crippen molar-refractivity contribution in [3.63, 3.8) is 0 Å². The van der Waals surface area contributed by atoms with Gasteiger partial charge in [0.1, 0.15) is 0 Å². The largest absolute Gasteiger partial charge is 0.456 e. The zero-order valence-electron chi connectivity index (χ0n) is 16.5. The van der Waals surface area contributed by atoms with Crippen molar-refractivity contribution < 1.29 is 38.8 Å². The van der Waals surface area contributed by atoms with Crippen LogP contribution in [0.3, 0.4) is 0 Å². The van der Waals surface area contributed by atoms with Crippen LogP contribution < -0.4 is 5.32 Å². The molecule has 0 saturated carbocycles. The van der Waals surface area contributed by atoms with E-state index in [2.05, 4.69) is 11.9 Å². The fourth-order valence-electron chi connectivity index (χ4n) is 1.71. The van der Waals surface area contributed by atoms with Gasteiger partial charge in [-0.05, 0) is 25.9 Å². The molecule has 148 valence electrons. The van der Waals surface area contributed by atoms with Crippen molar-refractivity contribution in [3.05, 3.63) is 25.3 Å². The first-order valence-corrected chi connectivity index (χ1v) is 10.3. The molecule has 0 fully saturated rings. The summed E-state index contributed by atoms with van der Waals surface area (Å²) in [5.41, 5.74) is -1.69. The van der Waals surface area contributed by atoms with Gasteiger partial charge in [0.05, 0.1) is 7.98 Å². The van der Waals surface area contributed by atoms with Gasteiger partial charge in [0.2, 0.25) is 5.72 Å². The predicted molar refractivity (Wildman–Crippen MR) is 95.4 cm³/mol. The van der Waals surface area contributed by atoms with Gasteiger partial charge in [-0.25, -0.2) is 14.4 Å². The highest BCUT2D eigenvalue weighted by Gasteiger charge is 2.33. The Bertz CT molecular complexity index is 553. The van der Waals surface area contributed by atoms with E-state index in [-0.39, 0.29) is 6.61 Å². The number of carbonyl (C=O) groups excluding carboxylic acids is 3. The fraction of sp³-hybridized carbons (Fsp3) is 0.562. The maximum atomic E-state index is 12.0. The molecule has 0 spiro atoms. The zero-order valence-corrected chi connectivity index (χ0v) is 16.5. The zero-order chi connectivity index (χ0) is 20.9. The fourth-order valence-corrected chi connectivity index (χ4v) is 3.07. The summed E-state index contributed by atoms with van der Waals surface area (Å²) in [6, 6.07) is 0.616. The van der Waals surface area contributed by atoms with E-state index in [1.165, 1.54) is 6.92 Å². The molecule has 1 amide bonds. The molecule has 10 heteroatoms. The van der Waals surface area contributed by atoms with E-state index >= 15 is 0 Å². The van der Waals surface area contributed by atoms with Crippen molar-refractivity contribution >= 4 is 26.6 Å². The van der Waals surface area contributed by atoms with Crippen LogP contribution in [0.5, 0.6) is 0 Å². The number of carbonyl (C=O) groups is 3. The minimum Gasteiger partial charge on any atom is -0.456 e. The average molecular weight is 390 g/mol. The number of ether oxygens (including phenoxy) is 3. The van der Waals surface area contributed by atoms with Gasteiger partial charge in [0, 0.05) is 26.4 Å². The maximum absolute atomic E-state index is 12.0. The van der Waals surface area contributed by atoms with Crippen molar-refractivity contribution in [2.75, 3.05) is 27.4 Å². The number of hydrogen-bond acceptors (Lipinski definition) is 8. The van der Waals surface area contributed by atoms with Crippen LogP contribution in [0.1, 0.15) is 14.7 Å². The Hall–Kier alpha value is -2.17. The molecule has 0 aliphatic carbocycles. The minimum absolute atomic E-state index is 0.0875. The summed E-state index contributed by atoms with van der Waals surface area (Å²) in [5, 5.41) is 2.33. The molecule has 0 aromatic heterocycles. The molecule has 1 atom stereocenters. The molecule has 9 nitrogen and oxygen atoms in total. The van der Waals surface area contributed by atoms with Gasteiger partial charge in [0.15, 0.2) is 6.61 Å². The summed E-state index contributed by atoms with van der Waals surface area (Å²) in [6.07, 6.45) is 1.41. The second-order valence-corrected chi connectivity index (χ2v) is 9.12. The van der Waals surface area contributed by atoms with Crippen molar-refractivity contribution in [1.82, 2.24) is 5.32 Å². The number of hydrogen-bond donors (Lipinski definition) is 1. The smallest absolute Gasteiger partial charge is 0.410 e. The second kappa shape index (κ2) is 11.4. The molecule has 0 aromatic rings. The van der Waals surface area contributed by atoms with Crippen LogP contribution in [0, 0.1) is 0 Å². The molecule has 0 saturated heterocycles. The summed E-state index contributed by atoms with van der Waals surface area (Å²) < 4.78 is 32.5. The lowest BCUT2D eigenvalue weighted by atomic mass is 10.3. The van der Waals surface area contributed by atoms with Crippen LogP contribution in [0.15, 0.2) is 25.3 Å². The summed E-state index contributed by atoms with van der Waals surface area (Å²) >= 11 is 0. The molecule has 0 radical (unpaired) electrons. The lowest BCUT2D eigenvalue weighted by Crippen LogP contribution is -2.53. The Kier molecular flexibility index (Phi) is 9.63. The van der Waals surface area contributed by atoms with Gasteiger partial charge in [-0.3, -0.25) is 5.32 Å². The third kappa shape index (κ3) is 9.35. The maximum Gasteiger partial charge on any atom is 0.410 e. The van der Waals surface area contributed by atoms with Crippen molar-refractivity contribution in [2.45, 2.75) is 31.7 Å². The monoisotopic (exact) mass is 390 g/mol. The minimum atomic E-state index is -2.25. The number of esters is 2. The summed E-state index contributed by atoms with van der Waals surface area (Å²) in [5.74, 6) is -1.66. The average Bonchev–Trinajstić information content (AvgIpc) is 2.63. The molecular weight excluding hydrogens is 362 g/mol. The summed E-state index contributed by atoms with van der Waals surface area (Å²) in [4.78, 5) is 34.8. The molecular formula is C16H27NO8Si. The van der Waals surface area contributed by atoms with E-state index < -0.39 is 38.9 Å². The highest BCUT2D eigenvalue weighted by atomic mass is 28.4. The first-order chi connectivity index (χ1) is 12.6. The van der Waals surface area contributed by atoms with Gasteiger partial charge in [-0.1, -0.05) is 13.1 Å². The molecule has 0 heterocycles. The molecule has 0 aromatic carbocycles. The first-order valence-electron chi connectivity index (χ1n) is 8.33. The number of alkyl carbamates (subject to hydrolysis) is 1. The van der Waals surface area contributed by atoms with E-state index in [1.54, 1.807) is 14.2 Å². The van der Waals surface area contributed by atoms with Crippen LogP contribution in [0.25, 0.3) is 0 Å². The van der Waals surface area contributed by atoms with Gasteiger partial charge in [-0.2, -0.15) is 0 Å². The summed E-state index contributed by atoms with van der Waals surface area (Å²) in [6.45, 7) is 6.80. The second-order valence-electron chi connectivity index (χ2n) is 5.54. The Morgan fingerprint density at radius 1 is 1.19 bits per heavy atom. The van der Waals surface area contributed by atoms with Gasteiger partial charge in [0.25, 0.3) is 0 Å². The van der Waals surface area contributed by atoms with Crippen LogP contribution >= 0.6 is 0 Å². The van der Waals surface area contributed by atoms with Crippen LogP contribution in [-0.4, -0.2) is 59.8 Å². The molecule has 0 bridgehead atoms. The third-order valence-electron chi connectivity index (χ3n) is 3.36. The van der Waals surface area contributed by atoms with E-state index in [0.29, 0.717) is 12.5 Å². The Morgan fingerprint density at radius 3 is 2.38 bits per heavy atom. The van der Waals surface area contributed by atoms with Crippen LogP contribution in [0.4, 0.5) is 4.79 Å². The molecule has 0 rings (SSSR count). The van der Waals surface area contributed by atoms with E-state index in [1.807, 2.05) is 6.55 Å². The SMILES string of the molecule is [2H]C=CC(=O)OC(C)(COC(=O)C=C)NC(=O)OCCC[Si](C)(OC)OC. The lowest BCUT2D eigenvalue weighted by Gasteiger charge is -2.29. The number of amides is 1. The third-order valence-corrected chi connectivity index (χ3v) is 6.35. The van der Waals surface area contributed by atoms with Crippen molar-refractivity contribution in [1.29, 1.82) is 0 Å². The normalized spacial score (nSPS) is 14.1. The Labute approximate surface area is 155 Å². The van der Waals surface area contributed by atoms with Gasteiger partial charge in [-0.15, -0.1) is 0 Å². The van der Waals surface area contributed by atoms with E-state index in [0.717, 1.165) is 18.7 Å². The Morgan fingerprint density at radius 2 is 1.85 bits per heavy atom. The van der Waals surface area contributed by atoms with Crippen molar-refractivity contribution in [3.8, 4) is 0 Å². The van der Waals surface area contributed by atoms with Crippen molar-refractivity contribution in [2.24, 2.45) is 0 Å². The molecule has 1 N–H and O–H groups in total. The summed E-state index contributed by atoms with van der Waals surface area (Å²) in [7, 11) is 0.887. The van der Waals surface area contributed by atoms with Crippen LogP contribution in [-0.2, 0) is 32.7 Å². The van der Waals surface area contributed by atoms with E-state index in [9.17, 15) is 14.4 Å². The number of nitrogens with one attached hydrogen (secondary N) is 1. The standard InChI is InChI=1S/C16H27NO8Si/c1-7-13(18)24-12-16(3,25-14(19)8-2)17-15(20)23-10-9-11-26(6,21-4)22-5/h7-8H,1-2,9-12H2,3-6H3,(H,17,20)/i2D. The van der Waals surface area contributed by atoms with Crippen LogP contribution in [0.2, 0.25) is 12.6 Å². The topological polar surface area (TPSA) is 109 Å². The highest BCUT2D eigenvalue weighted by molar-refractivity contribution is 6.65. The number of rotatable bonds is 12. The molecule has 0 aliphatic rings. The Balaban J connectivity index is 4.70. The van der Waals surface area contributed by atoms with E-state index in [4.69, 9.17) is 24.4 Å². The highest BCUT2D eigenvalue weighted by Crippen LogP contribution is 2.14.